The minimum absolute atomic E-state index is 0.355. The van der Waals surface area contributed by atoms with Crippen LogP contribution in [0, 0.1) is 11.3 Å². The normalized spacial score (nSPS) is 32.2. The Morgan fingerprint density at radius 1 is 1.28 bits per heavy atom. The molecule has 2 N–H and O–H groups in total. The molecule has 18 heavy (non-hydrogen) atoms. The van der Waals surface area contributed by atoms with E-state index in [1.54, 1.807) is 0 Å². The zero-order valence-corrected chi connectivity index (χ0v) is 12.0. The predicted molar refractivity (Wildman–Crippen MR) is 73.6 cm³/mol. The summed E-state index contributed by atoms with van der Waals surface area (Å²) in [6.45, 7) is 6.80. The van der Waals surface area contributed by atoms with E-state index >= 15 is 0 Å². The quantitative estimate of drug-likeness (QED) is 0.733. The Morgan fingerprint density at radius 3 is 2.56 bits per heavy atom. The SMILES string of the molecule is CC1CCC(OCC(O)CNCC2(C)CC2)CC1. The predicted octanol–water partition coefficient (Wildman–Crippen LogP) is 2.33. The molecule has 0 amide bonds. The average Bonchev–Trinajstić information content (AvgIpc) is 3.07. The second-order valence-corrected chi connectivity index (χ2v) is 6.81. The van der Waals surface area contributed by atoms with Crippen molar-refractivity contribution >= 4 is 0 Å². The van der Waals surface area contributed by atoms with Gasteiger partial charge in [0.25, 0.3) is 0 Å². The molecule has 0 bridgehead atoms. The van der Waals surface area contributed by atoms with E-state index in [-0.39, 0.29) is 6.10 Å². The van der Waals surface area contributed by atoms with Crippen LogP contribution in [0.1, 0.15) is 52.4 Å². The van der Waals surface area contributed by atoms with Crippen LogP contribution in [0.3, 0.4) is 0 Å². The highest BCUT2D eigenvalue weighted by Crippen LogP contribution is 2.43. The number of nitrogens with one attached hydrogen (secondary N) is 1. The van der Waals surface area contributed by atoms with Gasteiger partial charge in [0.05, 0.1) is 18.8 Å². The molecule has 0 aromatic rings. The smallest absolute Gasteiger partial charge is 0.0897 e. The summed E-state index contributed by atoms with van der Waals surface area (Å²) in [4.78, 5) is 0. The monoisotopic (exact) mass is 255 g/mol. The molecule has 2 rings (SSSR count). The zero-order valence-electron chi connectivity index (χ0n) is 12.0. The molecule has 0 aromatic heterocycles. The summed E-state index contributed by atoms with van der Waals surface area (Å²) < 4.78 is 5.80. The largest absolute Gasteiger partial charge is 0.389 e. The Kier molecular flexibility index (Phi) is 5.05. The molecule has 2 fully saturated rings. The van der Waals surface area contributed by atoms with Gasteiger partial charge in [-0.2, -0.15) is 0 Å². The van der Waals surface area contributed by atoms with E-state index in [1.807, 2.05) is 0 Å². The highest BCUT2D eigenvalue weighted by Gasteiger charge is 2.36. The summed E-state index contributed by atoms with van der Waals surface area (Å²) in [5.74, 6) is 0.857. The van der Waals surface area contributed by atoms with Gasteiger partial charge in [-0.25, -0.2) is 0 Å². The Morgan fingerprint density at radius 2 is 1.94 bits per heavy atom. The molecule has 1 unspecified atom stereocenters. The highest BCUT2D eigenvalue weighted by molar-refractivity contribution is 4.90. The zero-order chi connectivity index (χ0) is 13.0. The van der Waals surface area contributed by atoms with Crippen molar-refractivity contribution < 1.29 is 9.84 Å². The number of aliphatic hydroxyl groups excluding tert-OH is 1. The van der Waals surface area contributed by atoms with Gasteiger partial charge in [-0.15, -0.1) is 0 Å². The van der Waals surface area contributed by atoms with Crippen molar-refractivity contribution in [2.24, 2.45) is 11.3 Å². The van der Waals surface area contributed by atoms with Crippen LogP contribution in [0.15, 0.2) is 0 Å². The summed E-state index contributed by atoms with van der Waals surface area (Å²) in [6, 6.07) is 0. The molecular weight excluding hydrogens is 226 g/mol. The molecule has 2 saturated carbocycles. The minimum Gasteiger partial charge on any atom is -0.389 e. The lowest BCUT2D eigenvalue weighted by Gasteiger charge is -2.27. The van der Waals surface area contributed by atoms with Gasteiger partial charge < -0.3 is 15.2 Å². The summed E-state index contributed by atoms with van der Waals surface area (Å²) >= 11 is 0. The lowest BCUT2D eigenvalue weighted by molar-refractivity contribution is -0.0279. The first-order chi connectivity index (χ1) is 8.57. The molecule has 0 spiro atoms. The van der Waals surface area contributed by atoms with Gasteiger partial charge in [0.15, 0.2) is 0 Å². The van der Waals surface area contributed by atoms with Crippen LogP contribution >= 0.6 is 0 Å². The molecule has 106 valence electrons. The maximum atomic E-state index is 9.86. The molecule has 0 heterocycles. The van der Waals surface area contributed by atoms with Gasteiger partial charge in [-0.3, -0.25) is 0 Å². The van der Waals surface area contributed by atoms with Crippen LogP contribution in [-0.2, 0) is 4.74 Å². The Balaban J connectivity index is 1.50. The van der Waals surface area contributed by atoms with E-state index in [0.29, 0.717) is 24.7 Å². The maximum Gasteiger partial charge on any atom is 0.0897 e. The second-order valence-electron chi connectivity index (χ2n) is 6.81. The van der Waals surface area contributed by atoms with Crippen molar-refractivity contribution in [3.8, 4) is 0 Å². The molecule has 0 saturated heterocycles. The van der Waals surface area contributed by atoms with E-state index in [1.165, 1.54) is 38.5 Å². The molecule has 2 aliphatic rings. The molecule has 1 atom stereocenters. The fourth-order valence-corrected chi connectivity index (χ4v) is 2.63. The van der Waals surface area contributed by atoms with Crippen molar-refractivity contribution in [1.82, 2.24) is 5.32 Å². The standard InChI is InChI=1S/C15H29NO2/c1-12-3-5-14(6-4-12)18-10-13(17)9-16-11-15(2)7-8-15/h12-14,16-17H,3-11H2,1-2H3. The first kappa shape index (κ1) is 14.3. The third-order valence-electron chi connectivity index (χ3n) is 4.52. The Hall–Kier alpha value is -0.120. The Labute approximate surface area is 111 Å². The Bertz CT molecular complexity index is 245. The van der Waals surface area contributed by atoms with Gasteiger partial charge in [0, 0.05) is 13.1 Å². The highest BCUT2D eigenvalue weighted by atomic mass is 16.5. The van der Waals surface area contributed by atoms with Crippen molar-refractivity contribution in [2.45, 2.75) is 64.6 Å². The van der Waals surface area contributed by atoms with Crippen molar-refractivity contribution in [3.63, 3.8) is 0 Å². The van der Waals surface area contributed by atoms with E-state index in [4.69, 9.17) is 4.74 Å². The second kappa shape index (κ2) is 6.36. The van der Waals surface area contributed by atoms with Gasteiger partial charge >= 0.3 is 0 Å². The lowest BCUT2D eigenvalue weighted by atomic mass is 9.89. The van der Waals surface area contributed by atoms with Gasteiger partial charge in [-0.1, -0.05) is 13.8 Å². The summed E-state index contributed by atoms with van der Waals surface area (Å²) in [5.41, 5.74) is 0.514. The van der Waals surface area contributed by atoms with Crippen molar-refractivity contribution in [1.29, 1.82) is 0 Å². The van der Waals surface area contributed by atoms with Crippen LogP contribution in [0.25, 0.3) is 0 Å². The van der Waals surface area contributed by atoms with Gasteiger partial charge in [0.2, 0.25) is 0 Å². The van der Waals surface area contributed by atoms with Crippen molar-refractivity contribution in [3.05, 3.63) is 0 Å². The number of aliphatic hydroxyl groups is 1. The average molecular weight is 255 g/mol. The minimum atomic E-state index is -0.355. The maximum absolute atomic E-state index is 9.86. The molecule has 3 nitrogen and oxygen atoms in total. The third-order valence-corrected chi connectivity index (χ3v) is 4.52. The molecular formula is C15H29NO2. The topological polar surface area (TPSA) is 41.5 Å². The van der Waals surface area contributed by atoms with Crippen LogP contribution in [0.4, 0.5) is 0 Å². The van der Waals surface area contributed by atoms with Crippen LogP contribution in [0.5, 0.6) is 0 Å². The summed E-state index contributed by atoms with van der Waals surface area (Å²) in [6.07, 6.45) is 7.57. The van der Waals surface area contributed by atoms with Gasteiger partial charge in [-0.05, 0) is 49.9 Å². The van der Waals surface area contributed by atoms with Crippen LogP contribution in [-0.4, -0.2) is 37.0 Å². The van der Waals surface area contributed by atoms with E-state index in [2.05, 4.69) is 19.2 Å². The number of hydrogen-bond acceptors (Lipinski definition) is 3. The lowest BCUT2D eigenvalue weighted by Crippen LogP contribution is -2.35. The molecule has 0 aromatic carbocycles. The van der Waals surface area contributed by atoms with Crippen LogP contribution < -0.4 is 5.32 Å². The molecule has 0 aliphatic heterocycles. The first-order valence-corrected chi connectivity index (χ1v) is 7.58. The summed E-state index contributed by atoms with van der Waals surface area (Å²) in [7, 11) is 0. The van der Waals surface area contributed by atoms with Gasteiger partial charge in [0.1, 0.15) is 0 Å². The fraction of sp³-hybridized carbons (Fsp3) is 1.00. The van der Waals surface area contributed by atoms with Crippen LogP contribution in [0.2, 0.25) is 0 Å². The van der Waals surface area contributed by atoms with Crippen molar-refractivity contribution in [2.75, 3.05) is 19.7 Å². The molecule has 3 heteroatoms. The third kappa shape index (κ3) is 4.87. The number of hydrogen-bond donors (Lipinski definition) is 2. The summed E-state index contributed by atoms with van der Waals surface area (Å²) in [5, 5.41) is 13.2. The van der Waals surface area contributed by atoms with E-state index in [0.717, 1.165) is 12.5 Å². The number of rotatable bonds is 7. The first-order valence-electron chi connectivity index (χ1n) is 7.58. The van der Waals surface area contributed by atoms with E-state index in [9.17, 15) is 5.11 Å². The molecule has 0 radical (unpaired) electrons. The number of ether oxygens (including phenoxy) is 1. The fourth-order valence-electron chi connectivity index (χ4n) is 2.63. The van der Waals surface area contributed by atoms with E-state index < -0.39 is 0 Å². The molecule has 2 aliphatic carbocycles.